The van der Waals surface area contributed by atoms with Crippen molar-refractivity contribution in [3.05, 3.63) is 48.0 Å². The number of nitrogens with zero attached hydrogens (tertiary/aromatic N) is 4. The lowest BCUT2D eigenvalue weighted by atomic mass is 10.2. The van der Waals surface area contributed by atoms with Crippen molar-refractivity contribution in [1.82, 2.24) is 25.2 Å². The molecule has 0 saturated heterocycles. The molecular formula is C22H23N7O2. The van der Waals surface area contributed by atoms with Crippen LogP contribution in [0.2, 0.25) is 0 Å². The van der Waals surface area contributed by atoms with Crippen LogP contribution in [0.15, 0.2) is 51.9 Å². The second-order valence-electron chi connectivity index (χ2n) is 7.42. The topological polar surface area (TPSA) is 109 Å². The summed E-state index contributed by atoms with van der Waals surface area (Å²) < 4.78 is 7.63. The smallest absolute Gasteiger partial charge is 0.302 e. The summed E-state index contributed by atoms with van der Waals surface area (Å²) in [5.74, 6) is 1.51. The predicted molar refractivity (Wildman–Crippen MR) is 120 cm³/mol. The van der Waals surface area contributed by atoms with Crippen LogP contribution in [0.3, 0.4) is 0 Å². The van der Waals surface area contributed by atoms with Crippen LogP contribution in [0, 0.1) is 0 Å². The van der Waals surface area contributed by atoms with Crippen molar-refractivity contribution in [2.45, 2.75) is 12.8 Å². The zero-order valence-electron chi connectivity index (χ0n) is 17.2. The van der Waals surface area contributed by atoms with Crippen molar-refractivity contribution in [3.8, 4) is 0 Å². The molecule has 9 nitrogen and oxygen atoms in total. The van der Waals surface area contributed by atoms with Crippen molar-refractivity contribution >= 4 is 45.8 Å². The van der Waals surface area contributed by atoms with Gasteiger partial charge in [0.15, 0.2) is 5.58 Å². The Morgan fingerprint density at radius 1 is 1.19 bits per heavy atom. The van der Waals surface area contributed by atoms with Crippen molar-refractivity contribution in [3.63, 3.8) is 0 Å². The lowest BCUT2D eigenvalue weighted by Gasteiger charge is -2.06. The first-order chi connectivity index (χ1) is 15.2. The molecule has 1 aliphatic heterocycles. The first-order valence-electron chi connectivity index (χ1n) is 10.3. The van der Waals surface area contributed by atoms with Gasteiger partial charge >= 0.3 is 6.01 Å². The van der Waals surface area contributed by atoms with Crippen molar-refractivity contribution in [2.24, 2.45) is 12.0 Å². The van der Waals surface area contributed by atoms with Crippen LogP contribution in [0.5, 0.6) is 0 Å². The number of aliphatic imine (C=N–C) groups is 1. The molecule has 3 heterocycles. The minimum absolute atomic E-state index is 0.109. The number of imidazole rings is 1. The van der Waals surface area contributed by atoms with Crippen LogP contribution in [-0.2, 0) is 7.05 Å². The molecule has 4 aromatic rings. The molecule has 3 N–H and O–H groups in total. The van der Waals surface area contributed by atoms with E-state index in [1.165, 1.54) is 0 Å². The first-order valence-corrected chi connectivity index (χ1v) is 10.3. The third kappa shape index (κ3) is 3.94. The largest absolute Gasteiger partial charge is 0.423 e. The van der Waals surface area contributed by atoms with Gasteiger partial charge in [-0.15, -0.1) is 0 Å². The number of hydrogen-bond acceptors (Lipinski definition) is 7. The Hall–Kier alpha value is -3.88. The highest BCUT2D eigenvalue weighted by molar-refractivity contribution is 5.97. The molecule has 0 saturated carbocycles. The van der Waals surface area contributed by atoms with Gasteiger partial charge in [0.25, 0.3) is 5.91 Å². The summed E-state index contributed by atoms with van der Waals surface area (Å²) in [7, 11) is 1.90. The highest BCUT2D eigenvalue weighted by atomic mass is 16.4. The number of fused-ring (bicyclic) bond motifs is 2. The van der Waals surface area contributed by atoms with E-state index in [4.69, 9.17) is 4.42 Å². The van der Waals surface area contributed by atoms with Gasteiger partial charge in [-0.05, 0) is 36.8 Å². The maximum Gasteiger partial charge on any atom is 0.302 e. The van der Waals surface area contributed by atoms with Crippen molar-refractivity contribution < 1.29 is 9.21 Å². The van der Waals surface area contributed by atoms with E-state index in [9.17, 15) is 4.79 Å². The summed E-state index contributed by atoms with van der Waals surface area (Å²) in [6.45, 7) is 2.36. The van der Waals surface area contributed by atoms with E-state index in [1.807, 2.05) is 48.0 Å². The number of amides is 1. The van der Waals surface area contributed by atoms with E-state index in [0.29, 0.717) is 29.7 Å². The molecular weight excluding hydrogens is 394 g/mol. The van der Waals surface area contributed by atoms with E-state index in [-0.39, 0.29) is 5.91 Å². The lowest BCUT2D eigenvalue weighted by molar-refractivity contribution is 0.0953. The van der Waals surface area contributed by atoms with Crippen LogP contribution >= 0.6 is 0 Å². The van der Waals surface area contributed by atoms with Gasteiger partial charge < -0.3 is 19.6 Å². The fourth-order valence-electron chi connectivity index (χ4n) is 3.65. The van der Waals surface area contributed by atoms with E-state index in [2.05, 4.69) is 30.9 Å². The SMILES string of the molecule is Cn1c(Nc2nc3ccccc3o2)nc2cc(C(=O)NCCCC3=NCCN3)ccc21. The van der Waals surface area contributed by atoms with Gasteiger partial charge in [-0.2, -0.15) is 4.98 Å². The van der Waals surface area contributed by atoms with Crippen molar-refractivity contribution in [2.75, 3.05) is 25.0 Å². The summed E-state index contributed by atoms with van der Waals surface area (Å²) in [4.78, 5) is 25.9. The minimum atomic E-state index is -0.109. The molecule has 0 atom stereocenters. The maximum absolute atomic E-state index is 12.5. The molecule has 2 aromatic carbocycles. The number of benzene rings is 2. The third-order valence-corrected chi connectivity index (χ3v) is 5.28. The molecule has 9 heteroatoms. The van der Waals surface area contributed by atoms with E-state index < -0.39 is 0 Å². The number of carbonyl (C=O) groups excluding carboxylic acids is 1. The molecule has 0 spiro atoms. The van der Waals surface area contributed by atoms with Gasteiger partial charge in [-0.25, -0.2) is 4.98 Å². The van der Waals surface area contributed by atoms with Crippen LogP contribution in [-0.4, -0.2) is 45.9 Å². The molecule has 1 aliphatic rings. The van der Waals surface area contributed by atoms with Gasteiger partial charge in [0.1, 0.15) is 5.52 Å². The number of aryl methyl sites for hydroxylation is 1. The fraction of sp³-hybridized carbons (Fsp3) is 0.273. The van der Waals surface area contributed by atoms with Gasteiger partial charge in [0, 0.05) is 32.1 Å². The molecule has 0 aliphatic carbocycles. The summed E-state index contributed by atoms with van der Waals surface area (Å²) in [6.07, 6.45) is 1.70. The molecule has 0 fully saturated rings. The second-order valence-corrected chi connectivity index (χ2v) is 7.42. The average Bonchev–Trinajstić information content (AvgIpc) is 3.50. The molecule has 158 valence electrons. The normalized spacial score (nSPS) is 13.4. The molecule has 5 rings (SSSR count). The number of aromatic nitrogens is 3. The monoisotopic (exact) mass is 417 g/mol. The van der Waals surface area contributed by atoms with Gasteiger partial charge in [-0.3, -0.25) is 15.1 Å². The van der Waals surface area contributed by atoms with Crippen molar-refractivity contribution in [1.29, 1.82) is 0 Å². The fourth-order valence-corrected chi connectivity index (χ4v) is 3.65. The number of nitrogens with one attached hydrogen (secondary N) is 3. The molecule has 0 bridgehead atoms. The summed E-state index contributed by atoms with van der Waals surface area (Å²) in [5.41, 5.74) is 3.69. The molecule has 31 heavy (non-hydrogen) atoms. The Morgan fingerprint density at radius 2 is 2.10 bits per heavy atom. The zero-order chi connectivity index (χ0) is 21.2. The third-order valence-electron chi connectivity index (χ3n) is 5.28. The van der Waals surface area contributed by atoms with Crippen LogP contribution in [0.1, 0.15) is 23.2 Å². The summed E-state index contributed by atoms with van der Waals surface area (Å²) >= 11 is 0. The predicted octanol–water partition coefficient (Wildman–Crippen LogP) is 2.97. The first kappa shape index (κ1) is 19.1. The van der Waals surface area contributed by atoms with Crippen LogP contribution in [0.4, 0.5) is 12.0 Å². The maximum atomic E-state index is 12.5. The Morgan fingerprint density at radius 3 is 2.94 bits per heavy atom. The number of rotatable bonds is 7. The van der Waals surface area contributed by atoms with Gasteiger partial charge in [-0.1, -0.05) is 12.1 Å². The van der Waals surface area contributed by atoms with E-state index >= 15 is 0 Å². The Bertz CT molecular complexity index is 1250. The van der Waals surface area contributed by atoms with Crippen LogP contribution in [0.25, 0.3) is 22.1 Å². The van der Waals surface area contributed by atoms with E-state index in [1.54, 1.807) is 6.07 Å². The number of carbonyl (C=O) groups is 1. The molecule has 0 unspecified atom stereocenters. The lowest BCUT2D eigenvalue weighted by Crippen LogP contribution is -2.26. The summed E-state index contributed by atoms with van der Waals surface area (Å²) in [5, 5.41) is 9.33. The summed E-state index contributed by atoms with van der Waals surface area (Å²) in [6, 6.07) is 13.4. The second kappa shape index (κ2) is 8.10. The molecule has 1 amide bonds. The van der Waals surface area contributed by atoms with Gasteiger partial charge in [0.05, 0.1) is 23.4 Å². The number of para-hydroxylation sites is 2. The molecule has 2 aromatic heterocycles. The Balaban J connectivity index is 1.27. The number of anilines is 2. The quantitative estimate of drug-likeness (QED) is 0.399. The standard InChI is InChI=1S/C22H23N7O2/c1-29-17-9-8-14(20(30)25-10-4-7-19-23-11-12-24-19)13-16(17)26-21(29)28-22-27-15-5-2-3-6-18(15)31-22/h2-3,5-6,8-9,13H,4,7,10-12H2,1H3,(H,23,24)(H,25,30)(H,26,27,28). The van der Waals surface area contributed by atoms with E-state index in [0.717, 1.165) is 48.3 Å². The zero-order valence-corrected chi connectivity index (χ0v) is 17.2. The average molecular weight is 417 g/mol. The number of hydrogen-bond donors (Lipinski definition) is 3. The Kier molecular flexibility index (Phi) is 4.99. The number of amidine groups is 1. The highest BCUT2D eigenvalue weighted by Crippen LogP contribution is 2.24. The molecule has 0 radical (unpaired) electrons. The van der Waals surface area contributed by atoms with Gasteiger partial charge in [0.2, 0.25) is 5.95 Å². The number of oxazole rings is 1. The minimum Gasteiger partial charge on any atom is -0.423 e. The van der Waals surface area contributed by atoms with Crippen LogP contribution < -0.4 is 16.0 Å². The Labute approximate surface area is 178 Å². The highest BCUT2D eigenvalue weighted by Gasteiger charge is 2.14.